The first-order valence-electron chi connectivity index (χ1n) is 6.16. The van der Waals surface area contributed by atoms with Gasteiger partial charge in [0.25, 0.3) is 0 Å². The maximum atomic E-state index is 8.68. The van der Waals surface area contributed by atoms with Crippen molar-refractivity contribution in [3.8, 4) is 5.75 Å². The van der Waals surface area contributed by atoms with Crippen LogP contribution in [0.2, 0.25) is 5.02 Å². The number of amidine groups is 1. The summed E-state index contributed by atoms with van der Waals surface area (Å²) in [5.74, 6) is 0.810. The van der Waals surface area contributed by atoms with Gasteiger partial charge in [0, 0.05) is 10.6 Å². The summed E-state index contributed by atoms with van der Waals surface area (Å²) in [5.41, 5.74) is 8.26. The van der Waals surface area contributed by atoms with Crippen molar-refractivity contribution in [1.29, 1.82) is 0 Å². The van der Waals surface area contributed by atoms with Crippen LogP contribution in [0.25, 0.3) is 0 Å². The quantitative estimate of drug-likeness (QED) is 0.369. The van der Waals surface area contributed by atoms with Crippen LogP contribution in [0.4, 0.5) is 0 Å². The summed E-state index contributed by atoms with van der Waals surface area (Å²) in [6, 6.07) is 10.9. The van der Waals surface area contributed by atoms with E-state index in [4.69, 9.17) is 27.3 Å². The van der Waals surface area contributed by atoms with E-state index in [1.165, 1.54) is 0 Å². The molecular weight excluding hydrogens is 356 g/mol. The molecule has 110 valence electrons. The molecule has 0 amide bonds. The third kappa shape index (κ3) is 3.89. The Kier molecular flexibility index (Phi) is 5.09. The molecule has 4 nitrogen and oxygen atoms in total. The van der Waals surface area contributed by atoms with Crippen molar-refractivity contribution in [1.82, 2.24) is 0 Å². The molecule has 0 heterocycles. The normalized spacial score (nSPS) is 11.5. The van der Waals surface area contributed by atoms with Crippen molar-refractivity contribution in [2.75, 3.05) is 0 Å². The van der Waals surface area contributed by atoms with Gasteiger partial charge in [-0.15, -0.1) is 0 Å². The zero-order valence-electron chi connectivity index (χ0n) is 11.3. The third-order valence-corrected chi connectivity index (χ3v) is 3.88. The molecule has 0 saturated carbocycles. The molecule has 0 spiro atoms. The minimum atomic E-state index is 0.0889. The molecule has 0 atom stereocenters. The van der Waals surface area contributed by atoms with Crippen LogP contribution >= 0.6 is 27.5 Å². The van der Waals surface area contributed by atoms with Crippen LogP contribution in [0.3, 0.4) is 0 Å². The van der Waals surface area contributed by atoms with E-state index in [0.29, 0.717) is 17.2 Å². The fourth-order valence-corrected chi connectivity index (χ4v) is 2.62. The van der Waals surface area contributed by atoms with Crippen LogP contribution in [0.1, 0.15) is 16.7 Å². The summed E-state index contributed by atoms with van der Waals surface area (Å²) in [4.78, 5) is 0. The van der Waals surface area contributed by atoms with Gasteiger partial charge in [0.1, 0.15) is 12.4 Å². The van der Waals surface area contributed by atoms with Crippen LogP contribution in [0.5, 0.6) is 5.75 Å². The van der Waals surface area contributed by atoms with Crippen LogP contribution < -0.4 is 10.5 Å². The number of hydrogen-bond acceptors (Lipinski definition) is 3. The third-order valence-electron chi connectivity index (χ3n) is 3.02. The van der Waals surface area contributed by atoms with Gasteiger partial charge in [-0.1, -0.05) is 28.9 Å². The Balaban J connectivity index is 2.13. The molecule has 0 bridgehead atoms. The summed E-state index contributed by atoms with van der Waals surface area (Å²) in [5, 5.41) is 12.3. The Morgan fingerprint density at radius 3 is 2.71 bits per heavy atom. The molecule has 0 radical (unpaired) electrons. The summed E-state index contributed by atoms with van der Waals surface area (Å²) in [7, 11) is 0. The first-order chi connectivity index (χ1) is 10.0. The lowest BCUT2D eigenvalue weighted by atomic mass is 10.1. The monoisotopic (exact) mass is 368 g/mol. The van der Waals surface area contributed by atoms with Gasteiger partial charge in [0.05, 0.1) is 4.47 Å². The highest BCUT2D eigenvalue weighted by Gasteiger charge is 2.06. The first-order valence-corrected chi connectivity index (χ1v) is 7.33. The van der Waals surface area contributed by atoms with E-state index in [9.17, 15) is 0 Å². The molecule has 0 saturated heterocycles. The van der Waals surface area contributed by atoms with Crippen LogP contribution in [0.15, 0.2) is 46.0 Å². The van der Waals surface area contributed by atoms with Crippen molar-refractivity contribution in [2.45, 2.75) is 13.5 Å². The molecule has 0 aromatic heterocycles. The second kappa shape index (κ2) is 6.83. The molecule has 0 unspecified atom stereocenters. The van der Waals surface area contributed by atoms with Gasteiger partial charge in [-0.2, -0.15) is 0 Å². The lowest BCUT2D eigenvalue weighted by Crippen LogP contribution is -2.13. The van der Waals surface area contributed by atoms with Gasteiger partial charge in [-0.3, -0.25) is 0 Å². The van der Waals surface area contributed by atoms with E-state index < -0.39 is 0 Å². The van der Waals surface area contributed by atoms with Crippen molar-refractivity contribution in [2.24, 2.45) is 10.9 Å². The van der Waals surface area contributed by atoms with E-state index in [0.717, 1.165) is 21.3 Å². The van der Waals surface area contributed by atoms with E-state index in [1.807, 2.05) is 25.1 Å². The Labute approximate surface area is 136 Å². The van der Waals surface area contributed by atoms with Gasteiger partial charge in [-0.25, -0.2) is 0 Å². The van der Waals surface area contributed by atoms with E-state index in [-0.39, 0.29) is 5.84 Å². The van der Waals surface area contributed by atoms with Crippen LogP contribution in [-0.2, 0) is 6.61 Å². The number of halogens is 2. The fourth-order valence-electron chi connectivity index (χ4n) is 1.82. The lowest BCUT2D eigenvalue weighted by molar-refractivity contribution is 0.303. The van der Waals surface area contributed by atoms with Gasteiger partial charge < -0.3 is 15.7 Å². The zero-order valence-corrected chi connectivity index (χ0v) is 13.6. The topological polar surface area (TPSA) is 67.8 Å². The molecule has 3 N–H and O–H groups in total. The van der Waals surface area contributed by atoms with E-state index in [1.54, 1.807) is 18.2 Å². The largest absolute Gasteiger partial charge is 0.488 e. The summed E-state index contributed by atoms with van der Waals surface area (Å²) >= 11 is 9.30. The number of benzene rings is 2. The molecule has 0 aliphatic carbocycles. The minimum Gasteiger partial charge on any atom is -0.488 e. The zero-order chi connectivity index (χ0) is 15.4. The molecule has 21 heavy (non-hydrogen) atoms. The average Bonchev–Trinajstić information content (AvgIpc) is 2.46. The molecule has 0 aliphatic heterocycles. The molecule has 0 fully saturated rings. The molecule has 0 aliphatic rings. The average molecular weight is 370 g/mol. The van der Waals surface area contributed by atoms with E-state index >= 15 is 0 Å². The Bertz CT molecular complexity index is 689. The molecule has 2 aromatic carbocycles. The number of aryl methyl sites for hydroxylation is 1. The molecule has 2 aromatic rings. The number of rotatable bonds is 4. The smallest absolute Gasteiger partial charge is 0.170 e. The predicted molar refractivity (Wildman–Crippen MR) is 87.2 cm³/mol. The number of ether oxygens (including phenoxy) is 1. The fraction of sp³-hybridized carbons (Fsp3) is 0.133. The Hall–Kier alpha value is -1.72. The molecule has 6 heteroatoms. The summed E-state index contributed by atoms with van der Waals surface area (Å²) in [6.45, 7) is 2.37. The highest BCUT2D eigenvalue weighted by Crippen LogP contribution is 2.28. The van der Waals surface area contributed by atoms with Crippen molar-refractivity contribution in [3.05, 3.63) is 62.6 Å². The van der Waals surface area contributed by atoms with Gasteiger partial charge in [0.2, 0.25) is 0 Å². The van der Waals surface area contributed by atoms with Crippen LogP contribution in [0, 0.1) is 6.92 Å². The standard InChI is InChI=1S/C15H14BrClN2O2/c1-9-6-10(15(18)19-20)2-3-11(9)8-21-14-5-4-12(17)7-13(14)16/h2-7,20H,8H2,1H3,(H2,18,19). The highest BCUT2D eigenvalue weighted by atomic mass is 79.9. The van der Waals surface area contributed by atoms with Crippen LogP contribution in [-0.4, -0.2) is 11.0 Å². The van der Waals surface area contributed by atoms with Crippen molar-refractivity contribution in [3.63, 3.8) is 0 Å². The second-order valence-electron chi connectivity index (χ2n) is 4.49. The highest BCUT2D eigenvalue weighted by molar-refractivity contribution is 9.10. The van der Waals surface area contributed by atoms with Gasteiger partial charge in [0.15, 0.2) is 5.84 Å². The SMILES string of the molecule is Cc1cc(/C(N)=N/O)ccc1COc1ccc(Cl)cc1Br. The molecular formula is C15H14BrClN2O2. The number of oxime groups is 1. The molecule has 2 rings (SSSR count). The number of hydrogen-bond donors (Lipinski definition) is 2. The maximum absolute atomic E-state index is 8.68. The lowest BCUT2D eigenvalue weighted by Gasteiger charge is -2.11. The number of nitrogens with two attached hydrogens (primary N) is 1. The summed E-state index contributed by atoms with van der Waals surface area (Å²) in [6.07, 6.45) is 0. The van der Waals surface area contributed by atoms with Crippen molar-refractivity contribution < 1.29 is 9.94 Å². The van der Waals surface area contributed by atoms with Gasteiger partial charge in [-0.05, 0) is 58.2 Å². The minimum absolute atomic E-state index is 0.0889. The van der Waals surface area contributed by atoms with Gasteiger partial charge >= 0.3 is 0 Å². The Morgan fingerprint density at radius 1 is 1.33 bits per heavy atom. The van der Waals surface area contributed by atoms with E-state index in [2.05, 4.69) is 21.1 Å². The number of nitrogens with zero attached hydrogens (tertiary/aromatic N) is 1. The maximum Gasteiger partial charge on any atom is 0.170 e. The van der Waals surface area contributed by atoms with Crippen molar-refractivity contribution >= 4 is 33.4 Å². The predicted octanol–water partition coefficient (Wildman–Crippen LogP) is 4.08. The summed E-state index contributed by atoms with van der Waals surface area (Å²) < 4.78 is 6.58. The Morgan fingerprint density at radius 2 is 2.10 bits per heavy atom. The first kappa shape index (κ1) is 15.7. The second-order valence-corrected chi connectivity index (χ2v) is 5.78.